The Labute approximate surface area is 117 Å². The number of nitrogens with zero attached hydrogens (tertiary/aromatic N) is 1. The molecule has 0 saturated heterocycles. The van der Waals surface area contributed by atoms with Gasteiger partial charge >= 0.3 is 0 Å². The predicted octanol–water partition coefficient (Wildman–Crippen LogP) is 3.54. The Balaban J connectivity index is 2.71. The van der Waals surface area contributed by atoms with Crippen molar-refractivity contribution < 1.29 is 0 Å². The monoisotopic (exact) mass is 279 g/mol. The number of aryl methyl sites for hydroxylation is 1. The Bertz CT molecular complexity index is 649. The van der Waals surface area contributed by atoms with E-state index in [1.54, 1.807) is 6.07 Å². The van der Waals surface area contributed by atoms with E-state index >= 15 is 0 Å². The minimum absolute atomic E-state index is 0.0263. The van der Waals surface area contributed by atoms with Gasteiger partial charge in [-0.15, -0.1) is 0 Å². The third kappa shape index (κ3) is 2.33. The van der Waals surface area contributed by atoms with Crippen molar-refractivity contribution >= 4 is 24.2 Å². The van der Waals surface area contributed by atoms with Crippen LogP contribution in [0.15, 0.2) is 35.3 Å². The number of thiol groups is 1. The Hall–Kier alpha value is -1.19. The minimum atomic E-state index is 0.0263. The Kier molecular flexibility index (Phi) is 3.83. The summed E-state index contributed by atoms with van der Waals surface area (Å²) in [5.74, 6) is 0.429. The van der Waals surface area contributed by atoms with Gasteiger partial charge in [0.1, 0.15) is 0 Å². The lowest BCUT2D eigenvalue weighted by molar-refractivity contribution is 0.947. The van der Waals surface area contributed by atoms with Crippen molar-refractivity contribution in [2.75, 3.05) is 0 Å². The van der Waals surface area contributed by atoms with Gasteiger partial charge < -0.3 is 4.57 Å². The van der Waals surface area contributed by atoms with Crippen molar-refractivity contribution in [1.82, 2.24) is 4.57 Å². The second kappa shape index (κ2) is 5.21. The highest BCUT2D eigenvalue weighted by atomic mass is 35.5. The molecule has 1 aromatic heterocycles. The molecular formula is C14H14ClNOS. The third-order valence-corrected chi connectivity index (χ3v) is 3.74. The number of hydrogen-bond donors (Lipinski definition) is 1. The molecule has 0 radical (unpaired) electrons. The molecule has 0 bridgehead atoms. The number of rotatable bonds is 2. The summed E-state index contributed by atoms with van der Waals surface area (Å²) in [6, 6.07) is 7.38. The highest BCUT2D eigenvalue weighted by Crippen LogP contribution is 2.23. The molecule has 0 N–H and O–H groups in total. The van der Waals surface area contributed by atoms with Gasteiger partial charge in [0.15, 0.2) is 5.43 Å². The van der Waals surface area contributed by atoms with Crippen molar-refractivity contribution in [3.8, 4) is 5.69 Å². The quantitative estimate of drug-likeness (QED) is 0.835. The van der Waals surface area contributed by atoms with Crippen molar-refractivity contribution in [2.45, 2.75) is 19.6 Å². The summed E-state index contributed by atoms with van der Waals surface area (Å²) in [6.45, 7) is 3.87. The van der Waals surface area contributed by atoms with Crippen LogP contribution in [-0.4, -0.2) is 4.57 Å². The van der Waals surface area contributed by atoms with Gasteiger partial charge in [0.25, 0.3) is 0 Å². The molecule has 0 amide bonds. The van der Waals surface area contributed by atoms with Crippen LogP contribution in [-0.2, 0) is 5.75 Å². The molecule has 94 valence electrons. The molecule has 4 heteroatoms. The number of benzene rings is 1. The molecule has 0 spiro atoms. The van der Waals surface area contributed by atoms with Gasteiger partial charge in [0, 0.05) is 40.0 Å². The summed E-state index contributed by atoms with van der Waals surface area (Å²) >= 11 is 10.3. The van der Waals surface area contributed by atoms with Crippen LogP contribution < -0.4 is 5.43 Å². The van der Waals surface area contributed by atoms with E-state index in [1.807, 2.05) is 42.8 Å². The SMILES string of the molecule is Cc1c(Cl)cccc1-n1cc(CS)c(=O)cc1C. The molecule has 0 saturated carbocycles. The van der Waals surface area contributed by atoms with Gasteiger partial charge in [0.05, 0.1) is 0 Å². The minimum Gasteiger partial charge on any atom is -0.320 e. The largest absolute Gasteiger partial charge is 0.320 e. The molecule has 0 aliphatic heterocycles. The normalized spacial score (nSPS) is 10.7. The molecule has 18 heavy (non-hydrogen) atoms. The third-order valence-electron chi connectivity index (χ3n) is 2.99. The van der Waals surface area contributed by atoms with E-state index in [9.17, 15) is 4.79 Å². The smallest absolute Gasteiger partial charge is 0.185 e. The summed E-state index contributed by atoms with van der Waals surface area (Å²) in [5, 5.41) is 0.720. The van der Waals surface area contributed by atoms with Crippen LogP contribution in [0.25, 0.3) is 5.69 Å². The fraction of sp³-hybridized carbons (Fsp3) is 0.214. The molecule has 1 heterocycles. The summed E-state index contributed by atoms with van der Waals surface area (Å²) in [4.78, 5) is 11.7. The summed E-state index contributed by atoms with van der Waals surface area (Å²) < 4.78 is 1.98. The predicted molar refractivity (Wildman–Crippen MR) is 79.2 cm³/mol. The highest BCUT2D eigenvalue weighted by molar-refractivity contribution is 7.79. The van der Waals surface area contributed by atoms with Gasteiger partial charge in [-0.25, -0.2) is 0 Å². The molecular weight excluding hydrogens is 266 g/mol. The van der Waals surface area contributed by atoms with E-state index in [0.717, 1.165) is 22.0 Å². The fourth-order valence-corrected chi connectivity index (χ4v) is 2.32. The lowest BCUT2D eigenvalue weighted by Gasteiger charge is -2.15. The first-order valence-corrected chi connectivity index (χ1v) is 6.64. The Morgan fingerprint density at radius 1 is 1.33 bits per heavy atom. The van der Waals surface area contributed by atoms with Crippen LogP contribution in [0.5, 0.6) is 0 Å². The van der Waals surface area contributed by atoms with Gasteiger partial charge in [-0.1, -0.05) is 17.7 Å². The van der Waals surface area contributed by atoms with Crippen molar-refractivity contribution in [3.05, 3.63) is 62.5 Å². The van der Waals surface area contributed by atoms with Crippen LogP contribution in [0, 0.1) is 13.8 Å². The average Bonchev–Trinajstić information content (AvgIpc) is 2.34. The maximum Gasteiger partial charge on any atom is 0.185 e. The molecule has 2 rings (SSSR count). The summed E-state index contributed by atoms with van der Waals surface area (Å²) in [6.07, 6.45) is 1.84. The van der Waals surface area contributed by atoms with Gasteiger partial charge in [-0.3, -0.25) is 4.79 Å². The molecule has 0 atom stereocenters. The van der Waals surface area contributed by atoms with E-state index in [2.05, 4.69) is 12.6 Å². The van der Waals surface area contributed by atoms with Crippen molar-refractivity contribution in [2.24, 2.45) is 0 Å². The second-order valence-corrected chi connectivity index (χ2v) is 4.94. The van der Waals surface area contributed by atoms with E-state index in [4.69, 9.17) is 11.6 Å². The number of pyridine rings is 1. The molecule has 2 aromatic rings. The van der Waals surface area contributed by atoms with Crippen LogP contribution in [0.1, 0.15) is 16.8 Å². The average molecular weight is 280 g/mol. The first kappa shape index (κ1) is 13.2. The maximum absolute atomic E-state index is 11.7. The molecule has 2 nitrogen and oxygen atoms in total. The standard InChI is InChI=1S/C14H14ClNOS/c1-9-6-14(17)11(8-18)7-16(9)13-5-3-4-12(15)10(13)2/h3-7,18H,8H2,1-2H3. The van der Waals surface area contributed by atoms with Crippen molar-refractivity contribution in [3.63, 3.8) is 0 Å². The molecule has 0 aliphatic carbocycles. The van der Waals surface area contributed by atoms with Crippen LogP contribution in [0.3, 0.4) is 0 Å². The van der Waals surface area contributed by atoms with E-state index in [1.165, 1.54) is 0 Å². The lowest BCUT2D eigenvalue weighted by Crippen LogP contribution is -2.13. The van der Waals surface area contributed by atoms with Crippen LogP contribution >= 0.6 is 24.2 Å². The topological polar surface area (TPSA) is 22.0 Å². The molecule has 0 aliphatic rings. The fourth-order valence-electron chi connectivity index (χ4n) is 1.91. The van der Waals surface area contributed by atoms with Crippen molar-refractivity contribution in [1.29, 1.82) is 0 Å². The Morgan fingerprint density at radius 2 is 2.06 bits per heavy atom. The molecule has 0 fully saturated rings. The number of aromatic nitrogens is 1. The van der Waals surface area contributed by atoms with Gasteiger partial charge in [-0.2, -0.15) is 12.6 Å². The summed E-state index contributed by atoms with van der Waals surface area (Å²) in [5.41, 5.74) is 3.58. The molecule has 1 aromatic carbocycles. The zero-order chi connectivity index (χ0) is 13.3. The summed E-state index contributed by atoms with van der Waals surface area (Å²) in [7, 11) is 0. The number of hydrogen-bond acceptors (Lipinski definition) is 2. The van der Waals surface area contributed by atoms with E-state index in [0.29, 0.717) is 11.3 Å². The second-order valence-electron chi connectivity index (χ2n) is 4.22. The first-order chi connectivity index (χ1) is 8.54. The van der Waals surface area contributed by atoms with Gasteiger partial charge in [0.2, 0.25) is 0 Å². The zero-order valence-electron chi connectivity index (χ0n) is 10.3. The highest BCUT2D eigenvalue weighted by Gasteiger charge is 2.08. The van der Waals surface area contributed by atoms with E-state index < -0.39 is 0 Å². The Morgan fingerprint density at radius 3 is 2.72 bits per heavy atom. The van der Waals surface area contributed by atoms with Crippen LogP contribution in [0.2, 0.25) is 5.02 Å². The molecule has 0 unspecified atom stereocenters. The van der Waals surface area contributed by atoms with Crippen LogP contribution in [0.4, 0.5) is 0 Å². The lowest BCUT2D eigenvalue weighted by atomic mass is 10.1. The zero-order valence-corrected chi connectivity index (χ0v) is 11.9. The van der Waals surface area contributed by atoms with Gasteiger partial charge in [-0.05, 0) is 31.5 Å². The first-order valence-electron chi connectivity index (χ1n) is 5.63. The number of halogens is 1. The van der Waals surface area contributed by atoms with E-state index in [-0.39, 0.29) is 5.43 Å². The maximum atomic E-state index is 11.7.